The van der Waals surface area contributed by atoms with Gasteiger partial charge in [0.1, 0.15) is 11.6 Å². The molecule has 2 aromatic rings. The van der Waals surface area contributed by atoms with Gasteiger partial charge < -0.3 is 10.3 Å². The van der Waals surface area contributed by atoms with Crippen molar-refractivity contribution in [2.45, 2.75) is 19.9 Å². The van der Waals surface area contributed by atoms with Gasteiger partial charge in [0.05, 0.1) is 0 Å². The van der Waals surface area contributed by atoms with Gasteiger partial charge in [0.2, 0.25) is 0 Å². The van der Waals surface area contributed by atoms with Crippen LogP contribution in [-0.2, 0) is 13.0 Å². The molecule has 0 fully saturated rings. The zero-order valence-electron chi connectivity index (χ0n) is 9.86. The predicted octanol–water partition coefficient (Wildman–Crippen LogP) is 2.21. The molecule has 0 bridgehead atoms. The van der Waals surface area contributed by atoms with Crippen LogP contribution < -0.4 is 5.73 Å². The first-order valence-electron chi connectivity index (χ1n) is 5.76. The maximum absolute atomic E-state index is 13.2. The van der Waals surface area contributed by atoms with E-state index in [0.717, 1.165) is 30.0 Å². The minimum Gasteiger partial charge on any atom is -0.330 e. The molecule has 90 valence electrons. The molecule has 0 aliphatic carbocycles. The Morgan fingerprint density at radius 3 is 2.88 bits per heavy atom. The van der Waals surface area contributed by atoms with Crippen molar-refractivity contribution >= 4 is 0 Å². The maximum Gasteiger partial charge on any atom is 0.140 e. The maximum atomic E-state index is 13.2. The first-order valence-corrected chi connectivity index (χ1v) is 5.76. The minimum atomic E-state index is -0.242. The zero-order valence-corrected chi connectivity index (χ0v) is 9.86. The van der Waals surface area contributed by atoms with Crippen LogP contribution in [0.5, 0.6) is 0 Å². The van der Waals surface area contributed by atoms with Gasteiger partial charge in [0.15, 0.2) is 0 Å². The number of rotatable bonds is 4. The Balaban J connectivity index is 2.45. The number of aromatic nitrogens is 2. The molecule has 1 heterocycles. The topological polar surface area (TPSA) is 43.8 Å². The zero-order chi connectivity index (χ0) is 12.3. The number of benzene rings is 1. The van der Waals surface area contributed by atoms with Crippen LogP contribution >= 0.6 is 0 Å². The fraction of sp³-hybridized carbons (Fsp3) is 0.308. The number of nitrogens with zero attached hydrogens (tertiary/aromatic N) is 2. The highest BCUT2D eigenvalue weighted by Crippen LogP contribution is 2.20. The highest BCUT2D eigenvalue weighted by Gasteiger charge is 2.10. The predicted molar refractivity (Wildman–Crippen MR) is 66.1 cm³/mol. The van der Waals surface area contributed by atoms with Crippen molar-refractivity contribution in [1.29, 1.82) is 0 Å². The molecule has 0 unspecified atom stereocenters. The molecule has 0 aliphatic rings. The summed E-state index contributed by atoms with van der Waals surface area (Å²) in [5, 5.41) is 0. The summed E-state index contributed by atoms with van der Waals surface area (Å²) in [6.45, 7) is 3.44. The van der Waals surface area contributed by atoms with E-state index in [1.807, 2.05) is 19.2 Å². The van der Waals surface area contributed by atoms with Crippen LogP contribution in [0.15, 0.2) is 30.5 Å². The SMILES string of the molecule is CCn1c(CCN)cnc1-c1cccc(F)c1. The molecule has 1 aromatic heterocycles. The number of hydrogen-bond acceptors (Lipinski definition) is 2. The van der Waals surface area contributed by atoms with Crippen LogP contribution in [0, 0.1) is 5.82 Å². The molecule has 2 rings (SSSR count). The Morgan fingerprint density at radius 2 is 2.24 bits per heavy atom. The van der Waals surface area contributed by atoms with E-state index < -0.39 is 0 Å². The second-order valence-corrected chi connectivity index (χ2v) is 3.87. The van der Waals surface area contributed by atoms with Gasteiger partial charge in [0, 0.05) is 30.4 Å². The van der Waals surface area contributed by atoms with E-state index in [0.29, 0.717) is 6.54 Å². The number of halogens is 1. The van der Waals surface area contributed by atoms with Crippen molar-refractivity contribution in [1.82, 2.24) is 9.55 Å². The van der Waals surface area contributed by atoms with Gasteiger partial charge in [0.25, 0.3) is 0 Å². The Kier molecular flexibility index (Phi) is 3.54. The monoisotopic (exact) mass is 233 g/mol. The molecule has 0 spiro atoms. The van der Waals surface area contributed by atoms with Gasteiger partial charge >= 0.3 is 0 Å². The quantitative estimate of drug-likeness (QED) is 0.879. The summed E-state index contributed by atoms with van der Waals surface area (Å²) in [5.41, 5.74) is 7.45. The standard InChI is InChI=1S/C13H16FN3/c1-2-17-12(6-7-15)9-16-13(17)10-4-3-5-11(14)8-10/h3-5,8-9H,2,6-7,15H2,1H3. The van der Waals surface area contributed by atoms with Gasteiger partial charge in [-0.3, -0.25) is 0 Å². The molecular formula is C13H16FN3. The van der Waals surface area contributed by atoms with Crippen LogP contribution in [0.3, 0.4) is 0 Å². The molecule has 0 aliphatic heterocycles. The van der Waals surface area contributed by atoms with Crippen molar-refractivity contribution in [3.63, 3.8) is 0 Å². The van der Waals surface area contributed by atoms with E-state index in [1.165, 1.54) is 12.1 Å². The summed E-state index contributed by atoms with van der Waals surface area (Å²) in [7, 11) is 0. The number of nitrogens with two attached hydrogens (primary N) is 1. The lowest BCUT2D eigenvalue weighted by Crippen LogP contribution is -2.09. The summed E-state index contributed by atoms with van der Waals surface area (Å²) < 4.78 is 15.3. The Bertz CT molecular complexity index is 505. The Labute approximate surface area is 100 Å². The first-order chi connectivity index (χ1) is 8.26. The van der Waals surface area contributed by atoms with Crippen LogP contribution in [0.2, 0.25) is 0 Å². The van der Waals surface area contributed by atoms with E-state index in [1.54, 1.807) is 6.07 Å². The van der Waals surface area contributed by atoms with Gasteiger partial charge in [-0.15, -0.1) is 0 Å². The molecule has 0 saturated heterocycles. The molecule has 1 aromatic carbocycles. The van der Waals surface area contributed by atoms with E-state index in [2.05, 4.69) is 9.55 Å². The van der Waals surface area contributed by atoms with E-state index >= 15 is 0 Å². The second-order valence-electron chi connectivity index (χ2n) is 3.87. The Morgan fingerprint density at radius 1 is 1.41 bits per heavy atom. The number of imidazole rings is 1. The lowest BCUT2D eigenvalue weighted by atomic mass is 10.2. The van der Waals surface area contributed by atoms with Crippen molar-refractivity contribution in [3.05, 3.63) is 42.0 Å². The summed E-state index contributed by atoms with van der Waals surface area (Å²) in [6, 6.07) is 6.50. The first kappa shape index (κ1) is 11.8. The van der Waals surface area contributed by atoms with Crippen molar-refractivity contribution in [3.8, 4) is 11.4 Å². The average Bonchev–Trinajstić information content (AvgIpc) is 2.72. The van der Waals surface area contributed by atoms with Crippen molar-refractivity contribution < 1.29 is 4.39 Å². The van der Waals surface area contributed by atoms with Crippen LogP contribution in [-0.4, -0.2) is 16.1 Å². The lowest BCUT2D eigenvalue weighted by Gasteiger charge is -2.08. The van der Waals surface area contributed by atoms with E-state index in [9.17, 15) is 4.39 Å². The normalized spacial score (nSPS) is 10.8. The molecule has 17 heavy (non-hydrogen) atoms. The molecule has 2 N–H and O–H groups in total. The molecule has 0 radical (unpaired) electrons. The average molecular weight is 233 g/mol. The molecular weight excluding hydrogens is 217 g/mol. The highest BCUT2D eigenvalue weighted by molar-refractivity contribution is 5.56. The third-order valence-electron chi connectivity index (χ3n) is 2.74. The van der Waals surface area contributed by atoms with Crippen molar-refractivity contribution in [2.75, 3.05) is 6.54 Å². The van der Waals surface area contributed by atoms with Gasteiger partial charge in [-0.25, -0.2) is 9.37 Å². The fourth-order valence-corrected chi connectivity index (χ4v) is 1.97. The third-order valence-corrected chi connectivity index (χ3v) is 2.74. The van der Waals surface area contributed by atoms with Gasteiger partial charge in [-0.2, -0.15) is 0 Å². The van der Waals surface area contributed by atoms with E-state index in [-0.39, 0.29) is 5.82 Å². The second kappa shape index (κ2) is 5.10. The van der Waals surface area contributed by atoms with Crippen LogP contribution in [0.1, 0.15) is 12.6 Å². The summed E-state index contributed by atoms with van der Waals surface area (Å²) in [6.07, 6.45) is 2.60. The van der Waals surface area contributed by atoms with Crippen molar-refractivity contribution in [2.24, 2.45) is 5.73 Å². The summed E-state index contributed by atoms with van der Waals surface area (Å²) >= 11 is 0. The third kappa shape index (κ3) is 2.36. The fourth-order valence-electron chi connectivity index (χ4n) is 1.97. The largest absolute Gasteiger partial charge is 0.330 e. The van der Waals surface area contributed by atoms with Gasteiger partial charge in [-0.05, 0) is 25.6 Å². The van der Waals surface area contributed by atoms with E-state index in [4.69, 9.17) is 5.73 Å². The molecule has 4 heteroatoms. The minimum absolute atomic E-state index is 0.242. The summed E-state index contributed by atoms with van der Waals surface area (Å²) in [4.78, 5) is 4.36. The van der Waals surface area contributed by atoms with Crippen LogP contribution in [0.25, 0.3) is 11.4 Å². The van der Waals surface area contributed by atoms with Gasteiger partial charge in [-0.1, -0.05) is 12.1 Å². The highest BCUT2D eigenvalue weighted by atomic mass is 19.1. The Hall–Kier alpha value is -1.68. The van der Waals surface area contributed by atoms with Crippen LogP contribution in [0.4, 0.5) is 4.39 Å². The molecule has 0 saturated carbocycles. The smallest absolute Gasteiger partial charge is 0.140 e. The molecule has 3 nitrogen and oxygen atoms in total. The molecule has 0 atom stereocenters. The lowest BCUT2D eigenvalue weighted by molar-refractivity contribution is 0.627. The molecule has 0 amide bonds. The summed E-state index contributed by atoms with van der Waals surface area (Å²) in [5.74, 6) is 0.559. The number of hydrogen-bond donors (Lipinski definition) is 1.